The molecule has 10 nitrogen and oxygen atoms in total. The van der Waals surface area contributed by atoms with Crippen molar-refractivity contribution in [1.82, 2.24) is 24.8 Å². The molecule has 5 unspecified atom stereocenters. The summed E-state index contributed by atoms with van der Waals surface area (Å²) in [5.41, 5.74) is 4.36. The number of aromatic nitrogens is 3. The van der Waals surface area contributed by atoms with Crippen molar-refractivity contribution in [2.45, 2.75) is 69.7 Å². The first kappa shape index (κ1) is 35.9. The summed E-state index contributed by atoms with van der Waals surface area (Å²) in [5.74, 6) is 1.69. The molecule has 1 N–H and O–H groups in total. The fraction of sp³-hybridized carbons (Fsp3) is 0.442. The van der Waals surface area contributed by atoms with Crippen LogP contribution in [0, 0.1) is 35.9 Å². The van der Waals surface area contributed by atoms with Gasteiger partial charge in [-0.1, -0.05) is 35.3 Å². The van der Waals surface area contributed by atoms with Gasteiger partial charge in [-0.05, 0) is 74.4 Å². The minimum atomic E-state index is -0.485. The molecule has 7 heterocycles. The van der Waals surface area contributed by atoms with E-state index in [4.69, 9.17) is 42.6 Å². The standard InChI is InChI=1S/C43H42Cl2FN7O3/c1-23-30-19-35(34-18-28(22-52(34)43(54)24-7-8-24)56-27-9-10-36(49-21-27)51-12-14-55-15-13-51)53(41-26-17-33(41)48-20-26)42(30)31-16-25(4-3-11-47)37(39(46)40(31)50-23)29-5-2-6-32(44)38(29)45/h2,5-6,9-10,16,19,21,24,26,28,33-34,41,48H,3-4,7-8,12-15,17-18,20,22H2,1H3. The number of morpholine rings is 1. The molecule has 0 spiro atoms. The lowest BCUT2D eigenvalue weighted by molar-refractivity contribution is -0.133. The number of carbonyl (C=O) groups is 1. The van der Waals surface area contributed by atoms with Crippen LogP contribution in [0.4, 0.5) is 10.2 Å². The zero-order valence-corrected chi connectivity index (χ0v) is 32.6. The highest BCUT2D eigenvalue weighted by Gasteiger charge is 2.51. The number of anilines is 1. The Balaban J connectivity index is 1.10. The number of ether oxygens (including phenoxy) is 2. The molecular weight excluding hydrogens is 752 g/mol. The molecule has 4 aliphatic heterocycles. The highest BCUT2D eigenvalue weighted by molar-refractivity contribution is 6.43. The largest absolute Gasteiger partial charge is 0.487 e. The van der Waals surface area contributed by atoms with Gasteiger partial charge < -0.3 is 29.2 Å². The molecule has 11 rings (SSSR count). The fourth-order valence-corrected chi connectivity index (χ4v) is 10.1. The third-order valence-electron chi connectivity index (χ3n) is 12.6. The van der Waals surface area contributed by atoms with Crippen LogP contribution in [0.25, 0.3) is 32.9 Å². The monoisotopic (exact) mass is 793 g/mol. The van der Waals surface area contributed by atoms with E-state index in [0.29, 0.717) is 77.1 Å². The predicted molar refractivity (Wildman–Crippen MR) is 214 cm³/mol. The number of nitriles is 1. The van der Waals surface area contributed by atoms with Gasteiger partial charge >= 0.3 is 0 Å². The van der Waals surface area contributed by atoms with E-state index in [-0.39, 0.29) is 53.0 Å². The van der Waals surface area contributed by atoms with Crippen molar-refractivity contribution in [3.05, 3.63) is 81.5 Å². The van der Waals surface area contributed by atoms with Crippen molar-refractivity contribution in [3.8, 4) is 22.9 Å². The van der Waals surface area contributed by atoms with Crippen LogP contribution < -0.4 is 15.0 Å². The number of likely N-dealkylation sites (tertiary alicyclic amines) is 1. The number of nitrogens with zero attached hydrogens (tertiary/aromatic N) is 6. The molecule has 56 heavy (non-hydrogen) atoms. The summed E-state index contributed by atoms with van der Waals surface area (Å²) in [6.45, 7) is 6.28. The Labute approximate surface area is 334 Å². The van der Waals surface area contributed by atoms with Crippen LogP contribution in [0.3, 0.4) is 0 Å². The van der Waals surface area contributed by atoms with Gasteiger partial charge in [-0.3, -0.25) is 4.79 Å². The molecule has 2 aromatic carbocycles. The third-order valence-corrected chi connectivity index (χ3v) is 13.4. The maximum absolute atomic E-state index is 17.3. The molecule has 3 aromatic heterocycles. The van der Waals surface area contributed by atoms with Gasteiger partial charge in [0, 0.05) is 77.7 Å². The minimum Gasteiger partial charge on any atom is -0.487 e. The zero-order chi connectivity index (χ0) is 38.2. The fourth-order valence-electron chi connectivity index (χ4n) is 9.68. The summed E-state index contributed by atoms with van der Waals surface area (Å²) in [6.07, 6.45) is 5.55. The number of amides is 1. The molecular formula is C43H42Cl2FN7O3. The van der Waals surface area contributed by atoms with Crippen molar-refractivity contribution in [1.29, 1.82) is 5.26 Å². The smallest absolute Gasteiger partial charge is 0.226 e. The number of benzene rings is 2. The number of halogens is 3. The van der Waals surface area contributed by atoms with E-state index in [1.807, 2.05) is 30.0 Å². The maximum atomic E-state index is 17.3. The second kappa shape index (κ2) is 14.2. The molecule has 13 heteroatoms. The van der Waals surface area contributed by atoms with Crippen LogP contribution in [0.2, 0.25) is 10.0 Å². The van der Waals surface area contributed by atoms with E-state index in [2.05, 4.69) is 26.9 Å². The summed E-state index contributed by atoms with van der Waals surface area (Å²) in [7, 11) is 0. The highest BCUT2D eigenvalue weighted by atomic mass is 35.5. The Morgan fingerprint density at radius 1 is 1.12 bits per heavy atom. The maximum Gasteiger partial charge on any atom is 0.226 e. The van der Waals surface area contributed by atoms with Crippen LogP contribution in [-0.4, -0.2) is 76.9 Å². The lowest BCUT2D eigenvalue weighted by atomic mass is 9.79. The van der Waals surface area contributed by atoms with E-state index in [1.165, 1.54) is 0 Å². The Bertz CT molecular complexity index is 2410. The molecule has 4 saturated heterocycles. The van der Waals surface area contributed by atoms with Crippen LogP contribution in [-0.2, 0) is 16.0 Å². The first-order valence-corrected chi connectivity index (χ1v) is 20.5. The second-order valence-electron chi connectivity index (χ2n) is 16.0. The van der Waals surface area contributed by atoms with Gasteiger partial charge in [-0.2, -0.15) is 5.26 Å². The zero-order valence-electron chi connectivity index (χ0n) is 31.1. The number of carbonyl (C=O) groups excluding carboxylic acids is 1. The van der Waals surface area contributed by atoms with Crippen molar-refractivity contribution in [2.24, 2.45) is 11.8 Å². The van der Waals surface area contributed by atoms with Crippen LogP contribution in [0.1, 0.15) is 61.1 Å². The Hall–Kier alpha value is -4.47. The molecule has 2 bridgehead atoms. The summed E-state index contributed by atoms with van der Waals surface area (Å²) in [5, 5.41) is 15.6. The molecule has 5 atom stereocenters. The number of hydrogen-bond donors (Lipinski definition) is 1. The van der Waals surface area contributed by atoms with Gasteiger partial charge in [0.2, 0.25) is 5.91 Å². The van der Waals surface area contributed by atoms with E-state index in [1.54, 1.807) is 24.4 Å². The highest BCUT2D eigenvalue weighted by Crippen LogP contribution is 2.51. The van der Waals surface area contributed by atoms with E-state index in [0.717, 1.165) is 61.3 Å². The van der Waals surface area contributed by atoms with Crippen molar-refractivity contribution >= 4 is 56.7 Å². The van der Waals surface area contributed by atoms with E-state index in [9.17, 15) is 10.1 Å². The second-order valence-corrected chi connectivity index (χ2v) is 16.8. The van der Waals surface area contributed by atoms with E-state index < -0.39 is 5.82 Å². The molecule has 0 radical (unpaired) electrons. The van der Waals surface area contributed by atoms with Crippen molar-refractivity contribution in [2.75, 3.05) is 44.3 Å². The van der Waals surface area contributed by atoms with Gasteiger partial charge in [0.25, 0.3) is 0 Å². The quantitative estimate of drug-likeness (QED) is 0.160. The van der Waals surface area contributed by atoms with Gasteiger partial charge in [0.15, 0.2) is 5.82 Å². The number of hydrogen-bond acceptors (Lipinski definition) is 8. The predicted octanol–water partition coefficient (Wildman–Crippen LogP) is 7.96. The lowest BCUT2D eigenvalue weighted by Gasteiger charge is -2.39. The average Bonchev–Trinajstić information content (AvgIpc) is 3.48. The summed E-state index contributed by atoms with van der Waals surface area (Å²) >= 11 is 13.2. The Morgan fingerprint density at radius 2 is 1.96 bits per heavy atom. The SMILES string of the molecule is Cc1nc2c(F)c(-c3cccc(Cl)c3Cl)c(CCC#N)cc2c2c1cc(C1CC(Oc3ccc(N4CCOCC4)nc3)CN1C(=O)C1CC1)n2C1C2CNC1C2. The average molecular weight is 795 g/mol. The summed E-state index contributed by atoms with van der Waals surface area (Å²) < 4.78 is 31.8. The topological polar surface area (TPSA) is 109 Å². The molecule has 288 valence electrons. The lowest BCUT2D eigenvalue weighted by Crippen LogP contribution is -2.41. The van der Waals surface area contributed by atoms with Gasteiger partial charge in [0.1, 0.15) is 23.2 Å². The number of rotatable bonds is 9. The minimum absolute atomic E-state index is 0.0304. The first-order valence-electron chi connectivity index (χ1n) is 19.8. The molecule has 1 amide bonds. The number of fused-ring (bicyclic) bond motifs is 4. The van der Waals surface area contributed by atoms with Crippen LogP contribution in [0.5, 0.6) is 5.75 Å². The van der Waals surface area contributed by atoms with Crippen molar-refractivity contribution < 1.29 is 18.7 Å². The Morgan fingerprint density at radius 3 is 2.68 bits per heavy atom. The van der Waals surface area contributed by atoms with Crippen LogP contribution >= 0.6 is 23.2 Å². The number of nitrogens with one attached hydrogen (secondary N) is 1. The van der Waals surface area contributed by atoms with Crippen molar-refractivity contribution in [3.63, 3.8) is 0 Å². The Kier molecular flexibility index (Phi) is 9.09. The summed E-state index contributed by atoms with van der Waals surface area (Å²) in [6, 6.07) is 15.8. The molecule has 6 aliphatic rings. The number of pyridine rings is 2. The number of aryl methyl sites for hydroxylation is 2. The summed E-state index contributed by atoms with van der Waals surface area (Å²) in [4.78, 5) is 28.0. The van der Waals surface area contributed by atoms with Crippen LogP contribution in [0.15, 0.2) is 48.7 Å². The molecule has 6 fully saturated rings. The van der Waals surface area contributed by atoms with E-state index >= 15 is 4.39 Å². The first-order chi connectivity index (χ1) is 27.3. The van der Waals surface area contributed by atoms with Gasteiger partial charge in [-0.15, -0.1) is 0 Å². The van der Waals surface area contributed by atoms with Gasteiger partial charge in [0.05, 0.1) is 59.7 Å². The molecule has 2 aliphatic carbocycles. The molecule has 5 aromatic rings. The molecule has 2 saturated carbocycles. The third kappa shape index (κ3) is 5.99. The van der Waals surface area contributed by atoms with Gasteiger partial charge in [-0.25, -0.2) is 14.4 Å². The normalized spacial score (nSPS) is 24.5.